The Kier molecular flexibility index (Phi) is 4.28. The van der Waals surface area contributed by atoms with Gasteiger partial charge in [-0.05, 0) is 30.9 Å². The molecule has 0 bridgehead atoms. The molecule has 0 saturated heterocycles. The third kappa shape index (κ3) is 3.64. The van der Waals surface area contributed by atoms with Crippen molar-refractivity contribution >= 4 is 11.9 Å². The van der Waals surface area contributed by atoms with Gasteiger partial charge in [0.1, 0.15) is 5.69 Å². The number of amides is 1. The first-order chi connectivity index (χ1) is 9.16. The summed E-state index contributed by atoms with van der Waals surface area (Å²) >= 11 is 0. The van der Waals surface area contributed by atoms with E-state index in [1.54, 1.807) is 6.07 Å². The van der Waals surface area contributed by atoms with Crippen molar-refractivity contribution in [1.82, 2.24) is 10.3 Å². The standard InChI is InChI=1S/C14H16N2O3/c17-13(11-4-2-1-3-5-11)16-9-10-6-7-12(14(18)19)15-8-10/h1-2,6-8,11H,3-5,9H2,(H,16,17)(H,18,19). The number of carboxylic acid groups (broad SMARTS) is 1. The molecule has 2 N–H and O–H groups in total. The number of pyridine rings is 1. The van der Waals surface area contributed by atoms with E-state index in [0.29, 0.717) is 6.54 Å². The van der Waals surface area contributed by atoms with Gasteiger partial charge >= 0.3 is 5.97 Å². The molecule has 1 aromatic rings. The Hall–Kier alpha value is -2.17. The van der Waals surface area contributed by atoms with Crippen molar-refractivity contribution in [1.29, 1.82) is 0 Å². The molecular weight excluding hydrogens is 244 g/mol. The van der Waals surface area contributed by atoms with E-state index < -0.39 is 5.97 Å². The third-order valence-electron chi connectivity index (χ3n) is 3.15. The topological polar surface area (TPSA) is 79.3 Å². The number of hydrogen-bond donors (Lipinski definition) is 2. The molecule has 0 radical (unpaired) electrons. The summed E-state index contributed by atoms with van der Waals surface area (Å²) in [7, 11) is 0. The first-order valence-electron chi connectivity index (χ1n) is 6.28. The molecule has 1 unspecified atom stereocenters. The van der Waals surface area contributed by atoms with Crippen molar-refractivity contribution in [3.05, 3.63) is 41.7 Å². The van der Waals surface area contributed by atoms with Crippen LogP contribution in [0.25, 0.3) is 0 Å². The lowest BCUT2D eigenvalue weighted by atomic mass is 9.93. The predicted molar refractivity (Wildman–Crippen MR) is 69.5 cm³/mol. The van der Waals surface area contributed by atoms with E-state index >= 15 is 0 Å². The molecule has 1 aliphatic rings. The van der Waals surface area contributed by atoms with Crippen LogP contribution in [0.1, 0.15) is 35.3 Å². The quantitative estimate of drug-likeness (QED) is 0.808. The molecule has 1 aliphatic carbocycles. The molecule has 0 fully saturated rings. The molecule has 19 heavy (non-hydrogen) atoms. The number of nitrogens with zero attached hydrogens (tertiary/aromatic N) is 1. The summed E-state index contributed by atoms with van der Waals surface area (Å²) < 4.78 is 0. The lowest BCUT2D eigenvalue weighted by Crippen LogP contribution is -2.30. The van der Waals surface area contributed by atoms with Crippen molar-refractivity contribution in [2.45, 2.75) is 25.8 Å². The van der Waals surface area contributed by atoms with Gasteiger partial charge in [-0.3, -0.25) is 4.79 Å². The molecule has 1 heterocycles. The second-order valence-corrected chi connectivity index (χ2v) is 4.56. The highest BCUT2D eigenvalue weighted by molar-refractivity contribution is 5.85. The highest BCUT2D eigenvalue weighted by Crippen LogP contribution is 2.18. The number of carboxylic acids is 1. The molecule has 5 nitrogen and oxygen atoms in total. The van der Waals surface area contributed by atoms with Crippen molar-refractivity contribution in [3.8, 4) is 0 Å². The van der Waals surface area contributed by atoms with Gasteiger partial charge in [-0.25, -0.2) is 9.78 Å². The Morgan fingerprint density at radius 1 is 1.37 bits per heavy atom. The zero-order valence-electron chi connectivity index (χ0n) is 10.5. The van der Waals surface area contributed by atoms with Crippen molar-refractivity contribution in [2.24, 2.45) is 5.92 Å². The minimum atomic E-state index is -1.05. The van der Waals surface area contributed by atoms with Gasteiger partial charge in [0, 0.05) is 18.7 Å². The summed E-state index contributed by atoms with van der Waals surface area (Å²) in [6.07, 6.45) is 8.24. The predicted octanol–water partition coefficient (Wildman–Crippen LogP) is 1.75. The van der Waals surface area contributed by atoms with E-state index in [4.69, 9.17) is 5.11 Å². The van der Waals surface area contributed by atoms with Gasteiger partial charge in [0.2, 0.25) is 5.91 Å². The van der Waals surface area contributed by atoms with Crippen LogP contribution in [-0.4, -0.2) is 22.0 Å². The van der Waals surface area contributed by atoms with E-state index in [1.165, 1.54) is 12.3 Å². The molecule has 5 heteroatoms. The highest BCUT2D eigenvalue weighted by atomic mass is 16.4. The minimum absolute atomic E-state index is 0.00694. The monoisotopic (exact) mass is 260 g/mol. The zero-order valence-corrected chi connectivity index (χ0v) is 10.5. The number of rotatable bonds is 4. The molecule has 1 atom stereocenters. The second-order valence-electron chi connectivity index (χ2n) is 4.56. The fourth-order valence-corrected chi connectivity index (χ4v) is 2.02. The Balaban J connectivity index is 1.86. The number of carbonyl (C=O) groups is 2. The smallest absolute Gasteiger partial charge is 0.354 e. The number of hydrogen-bond acceptors (Lipinski definition) is 3. The lowest BCUT2D eigenvalue weighted by Gasteiger charge is -2.17. The van der Waals surface area contributed by atoms with Gasteiger partial charge in [-0.1, -0.05) is 18.2 Å². The summed E-state index contributed by atoms with van der Waals surface area (Å²) in [5.41, 5.74) is 0.803. The van der Waals surface area contributed by atoms with E-state index in [-0.39, 0.29) is 17.5 Å². The average Bonchev–Trinajstić information content (AvgIpc) is 2.46. The fraction of sp³-hybridized carbons (Fsp3) is 0.357. The Morgan fingerprint density at radius 2 is 2.21 bits per heavy atom. The van der Waals surface area contributed by atoms with E-state index in [2.05, 4.69) is 16.4 Å². The van der Waals surface area contributed by atoms with Crippen LogP contribution < -0.4 is 5.32 Å². The van der Waals surface area contributed by atoms with Crippen LogP contribution in [0.15, 0.2) is 30.5 Å². The van der Waals surface area contributed by atoms with Crippen LogP contribution in [0.2, 0.25) is 0 Å². The first-order valence-corrected chi connectivity index (χ1v) is 6.28. The number of carbonyl (C=O) groups excluding carboxylic acids is 1. The molecular formula is C14H16N2O3. The summed E-state index contributed by atoms with van der Waals surface area (Å²) in [5, 5.41) is 11.6. The van der Waals surface area contributed by atoms with Crippen LogP contribution in [0.3, 0.4) is 0 Å². The van der Waals surface area contributed by atoms with Crippen LogP contribution in [0, 0.1) is 5.92 Å². The molecule has 0 saturated carbocycles. The molecule has 1 aromatic heterocycles. The van der Waals surface area contributed by atoms with Gasteiger partial charge in [-0.2, -0.15) is 0 Å². The van der Waals surface area contributed by atoms with Crippen LogP contribution in [0.5, 0.6) is 0 Å². The van der Waals surface area contributed by atoms with Gasteiger partial charge in [0.25, 0.3) is 0 Å². The highest BCUT2D eigenvalue weighted by Gasteiger charge is 2.18. The zero-order chi connectivity index (χ0) is 13.7. The number of aromatic nitrogens is 1. The Morgan fingerprint density at radius 3 is 2.79 bits per heavy atom. The maximum absolute atomic E-state index is 11.9. The normalized spacial score (nSPS) is 18.0. The number of nitrogens with one attached hydrogen (secondary N) is 1. The van der Waals surface area contributed by atoms with Gasteiger partial charge < -0.3 is 10.4 Å². The molecule has 1 amide bonds. The largest absolute Gasteiger partial charge is 0.477 e. The number of allylic oxidation sites excluding steroid dienone is 2. The summed E-state index contributed by atoms with van der Waals surface area (Å²) in [6.45, 7) is 0.381. The molecule has 100 valence electrons. The van der Waals surface area contributed by atoms with Crippen LogP contribution in [-0.2, 0) is 11.3 Å². The molecule has 0 aromatic carbocycles. The van der Waals surface area contributed by atoms with Crippen molar-refractivity contribution in [3.63, 3.8) is 0 Å². The summed E-state index contributed by atoms with van der Waals surface area (Å²) in [4.78, 5) is 26.3. The fourth-order valence-electron chi connectivity index (χ4n) is 2.02. The lowest BCUT2D eigenvalue weighted by molar-refractivity contribution is -0.125. The summed E-state index contributed by atoms with van der Waals surface area (Å²) in [6, 6.07) is 3.10. The maximum atomic E-state index is 11.9. The second kappa shape index (κ2) is 6.13. The first kappa shape index (κ1) is 13.3. The minimum Gasteiger partial charge on any atom is -0.477 e. The van der Waals surface area contributed by atoms with E-state index in [1.807, 2.05) is 6.08 Å². The molecule has 0 spiro atoms. The third-order valence-corrected chi connectivity index (χ3v) is 3.15. The SMILES string of the molecule is O=C(O)c1ccc(CNC(=O)C2CC=CCC2)cn1. The van der Waals surface area contributed by atoms with E-state index in [9.17, 15) is 9.59 Å². The van der Waals surface area contributed by atoms with Crippen molar-refractivity contribution in [2.75, 3.05) is 0 Å². The van der Waals surface area contributed by atoms with Gasteiger partial charge in [-0.15, -0.1) is 0 Å². The van der Waals surface area contributed by atoms with Crippen molar-refractivity contribution < 1.29 is 14.7 Å². The molecule has 2 rings (SSSR count). The van der Waals surface area contributed by atoms with E-state index in [0.717, 1.165) is 24.8 Å². The van der Waals surface area contributed by atoms with Gasteiger partial charge in [0.05, 0.1) is 0 Å². The average molecular weight is 260 g/mol. The Bertz CT molecular complexity index is 494. The Labute approximate surface area is 111 Å². The maximum Gasteiger partial charge on any atom is 0.354 e. The number of aromatic carboxylic acids is 1. The molecule has 0 aliphatic heterocycles. The van der Waals surface area contributed by atoms with Crippen LogP contribution >= 0.6 is 0 Å². The summed E-state index contributed by atoms with van der Waals surface area (Å²) in [5.74, 6) is -0.951. The van der Waals surface area contributed by atoms with Gasteiger partial charge in [0.15, 0.2) is 0 Å². The van der Waals surface area contributed by atoms with Crippen LogP contribution in [0.4, 0.5) is 0 Å².